The first-order chi connectivity index (χ1) is 6.33. The predicted molar refractivity (Wildman–Crippen MR) is 51.7 cm³/mol. The standard InChI is InChI=1S/C10H17NO3/c1-7(12)4-9(14)11-5-8(13)10(2,3)6-11/h8,13H,4-6H2,1-3H3. The van der Waals surface area contributed by atoms with Crippen LogP contribution in [-0.2, 0) is 9.59 Å². The number of rotatable bonds is 2. The van der Waals surface area contributed by atoms with Crippen molar-refractivity contribution in [2.24, 2.45) is 5.41 Å². The Hall–Kier alpha value is -0.900. The lowest BCUT2D eigenvalue weighted by Gasteiger charge is -2.20. The highest BCUT2D eigenvalue weighted by Gasteiger charge is 2.39. The Morgan fingerprint density at radius 2 is 2.07 bits per heavy atom. The van der Waals surface area contributed by atoms with Gasteiger partial charge in [0.2, 0.25) is 5.91 Å². The van der Waals surface area contributed by atoms with Crippen LogP contribution in [0.2, 0.25) is 0 Å². The summed E-state index contributed by atoms with van der Waals surface area (Å²) in [6.45, 7) is 6.10. The van der Waals surface area contributed by atoms with E-state index in [4.69, 9.17) is 0 Å². The molecule has 0 aromatic rings. The fraction of sp³-hybridized carbons (Fsp3) is 0.800. The van der Waals surface area contributed by atoms with Gasteiger partial charge in [0.25, 0.3) is 0 Å². The van der Waals surface area contributed by atoms with E-state index in [1.807, 2.05) is 13.8 Å². The Morgan fingerprint density at radius 1 is 1.50 bits per heavy atom. The molecule has 1 unspecified atom stereocenters. The molecule has 1 aliphatic rings. The molecule has 1 heterocycles. The highest BCUT2D eigenvalue weighted by molar-refractivity contribution is 5.96. The summed E-state index contributed by atoms with van der Waals surface area (Å²) in [7, 11) is 0. The third kappa shape index (κ3) is 2.32. The van der Waals surface area contributed by atoms with E-state index in [1.165, 1.54) is 6.92 Å². The van der Waals surface area contributed by atoms with Crippen molar-refractivity contribution in [2.75, 3.05) is 13.1 Å². The first-order valence-corrected chi connectivity index (χ1v) is 4.78. The molecule has 1 rings (SSSR count). The van der Waals surface area contributed by atoms with Gasteiger partial charge in [-0.25, -0.2) is 0 Å². The summed E-state index contributed by atoms with van der Waals surface area (Å²) in [4.78, 5) is 23.8. The summed E-state index contributed by atoms with van der Waals surface area (Å²) in [6, 6.07) is 0. The lowest BCUT2D eigenvalue weighted by atomic mass is 9.90. The predicted octanol–water partition coefficient (Wildman–Crippen LogP) is 0.195. The molecule has 0 aromatic heterocycles. The number of amides is 1. The van der Waals surface area contributed by atoms with Crippen LogP contribution in [0.5, 0.6) is 0 Å². The van der Waals surface area contributed by atoms with Crippen molar-refractivity contribution in [3.8, 4) is 0 Å². The fourth-order valence-corrected chi connectivity index (χ4v) is 1.63. The van der Waals surface area contributed by atoms with Gasteiger partial charge in [-0.05, 0) is 6.92 Å². The van der Waals surface area contributed by atoms with E-state index in [-0.39, 0.29) is 23.5 Å². The molecule has 4 heteroatoms. The van der Waals surface area contributed by atoms with E-state index in [0.717, 1.165) is 0 Å². The Balaban J connectivity index is 2.57. The maximum Gasteiger partial charge on any atom is 0.230 e. The maximum absolute atomic E-state index is 11.5. The van der Waals surface area contributed by atoms with Crippen LogP contribution < -0.4 is 0 Å². The minimum Gasteiger partial charge on any atom is -0.391 e. The van der Waals surface area contributed by atoms with E-state index in [2.05, 4.69) is 0 Å². The average Bonchev–Trinajstić information content (AvgIpc) is 2.25. The first-order valence-electron chi connectivity index (χ1n) is 4.78. The van der Waals surface area contributed by atoms with Crippen molar-refractivity contribution >= 4 is 11.7 Å². The van der Waals surface area contributed by atoms with Crippen LogP contribution in [0, 0.1) is 5.41 Å². The number of hydrogen-bond donors (Lipinski definition) is 1. The monoisotopic (exact) mass is 199 g/mol. The molecular weight excluding hydrogens is 182 g/mol. The number of nitrogens with zero attached hydrogens (tertiary/aromatic N) is 1. The van der Waals surface area contributed by atoms with Crippen LogP contribution in [0.25, 0.3) is 0 Å². The van der Waals surface area contributed by atoms with Gasteiger partial charge in [0.15, 0.2) is 0 Å². The topological polar surface area (TPSA) is 57.6 Å². The second-order valence-electron chi connectivity index (χ2n) is 4.66. The number of aliphatic hydroxyl groups excluding tert-OH is 1. The molecule has 0 aliphatic carbocycles. The zero-order valence-electron chi connectivity index (χ0n) is 8.91. The number of carbonyl (C=O) groups excluding carboxylic acids is 2. The fourth-order valence-electron chi connectivity index (χ4n) is 1.63. The molecule has 1 amide bonds. The quantitative estimate of drug-likeness (QED) is 0.646. The smallest absolute Gasteiger partial charge is 0.230 e. The minimum atomic E-state index is -0.488. The molecule has 0 bridgehead atoms. The number of aliphatic hydroxyl groups is 1. The van der Waals surface area contributed by atoms with Crippen molar-refractivity contribution in [2.45, 2.75) is 33.3 Å². The molecule has 0 radical (unpaired) electrons. The van der Waals surface area contributed by atoms with Crippen molar-refractivity contribution in [3.63, 3.8) is 0 Å². The summed E-state index contributed by atoms with van der Waals surface area (Å²) in [5.74, 6) is -0.309. The molecule has 0 aromatic carbocycles. The number of hydrogen-bond acceptors (Lipinski definition) is 3. The molecule has 14 heavy (non-hydrogen) atoms. The van der Waals surface area contributed by atoms with E-state index >= 15 is 0 Å². The van der Waals surface area contributed by atoms with Gasteiger partial charge < -0.3 is 10.0 Å². The molecule has 1 N–H and O–H groups in total. The number of ketones is 1. The minimum absolute atomic E-state index is 0.0528. The van der Waals surface area contributed by atoms with Gasteiger partial charge in [-0.2, -0.15) is 0 Å². The summed E-state index contributed by atoms with van der Waals surface area (Å²) < 4.78 is 0. The molecule has 1 aliphatic heterocycles. The molecule has 4 nitrogen and oxygen atoms in total. The van der Waals surface area contributed by atoms with E-state index in [0.29, 0.717) is 13.1 Å². The van der Waals surface area contributed by atoms with Gasteiger partial charge in [-0.15, -0.1) is 0 Å². The van der Waals surface area contributed by atoms with Crippen molar-refractivity contribution in [3.05, 3.63) is 0 Å². The highest BCUT2D eigenvalue weighted by Crippen LogP contribution is 2.29. The Morgan fingerprint density at radius 3 is 2.43 bits per heavy atom. The maximum atomic E-state index is 11.5. The largest absolute Gasteiger partial charge is 0.391 e. The summed E-state index contributed by atoms with van der Waals surface area (Å²) in [5, 5.41) is 9.63. The Kier molecular flexibility index (Phi) is 2.95. The van der Waals surface area contributed by atoms with Crippen LogP contribution in [-0.4, -0.2) is 40.9 Å². The van der Waals surface area contributed by atoms with E-state index in [9.17, 15) is 14.7 Å². The molecule has 1 atom stereocenters. The van der Waals surface area contributed by atoms with Gasteiger partial charge >= 0.3 is 0 Å². The number of carbonyl (C=O) groups is 2. The lowest BCUT2D eigenvalue weighted by Crippen LogP contribution is -2.31. The van der Waals surface area contributed by atoms with E-state index < -0.39 is 6.10 Å². The third-order valence-corrected chi connectivity index (χ3v) is 2.65. The lowest BCUT2D eigenvalue weighted by molar-refractivity contribution is -0.134. The Labute approximate surface area is 83.9 Å². The van der Waals surface area contributed by atoms with Gasteiger partial charge in [-0.3, -0.25) is 9.59 Å². The molecule has 0 spiro atoms. The van der Waals surface area contributed by atoms with Crippen molar-refractivity contribution < 1.29 is 14.7 Å². The molecule has 80 valence electrons. The summed E-state index contributed by atoms with van der Waals surface area (Å²) in [5.41, 5.74) is -0.257. The van der Waals surface area contributed by atoms with Crippen molar-refractivity contribution in [1.29, 1.82) is 0 Å². The average molecular weight is 199 g/mol. The molecule has 1 fully saturated rings. The first kappa shape index (κ1) is 11.2. The summed E-state index contributed by atoms with van der Waals surface area (Å²) in [6.07, 6.45) is -0.540. The van der Waals surface area contributed by atoms with Crippen LogP contribution in [0.1, 0.15) is 27.2 Å². The zero-order chi connectivity index (χ0) is 10.9. The molecular formula is C10H17NO3. The van der Waals surface area contributed by atoms with E-state index in [1.54, 1.807) is 4.90 Å². The van der Waals surface area contributed by atoms with Crippen LogP contribution in [0.15, 0.2) is 0 Å². The normalized spacial score (nSPS) is 25.1. The van der Waals surface area contributed by atoms with Gasteiger partial charge in [0.05, 0.1) is 12.5 Å². The van der Waals surface area contributed by atoms with Gasteiger partial charge in [0.1, 0.15) is 5.78 Å². The number of Topliss-reactive ketones (excluding diaryl/α,β-unsaturated/α-hetero) is 1. The molecule has 1 saturated heterocycles. The van der Waals surface area contributed by atoms with Crippen LogP contribution >= 0.6 is 0 Å². The third-order valence-electron chi connectivity index (χ3n) is 2.65. The summed E-state index contributed by atoms with van der Waals surface area (Å²) >= 11 is 0. The number of likely N-dealkylation sites (tertiary alicyclic amines) is 1. The zero-order valence-corrected chi connectivity index (χ0v) is 8.91. The van der Waals surface area contributed by atoms with Crippen LogP contribution in [0.4, 0.5) is 0 Å². The molecule has 0 saturated carbocycles. The van der Waals surface area contributed by atoms with Crippen molar-refractivity contribution in [1.82, 2.24) is 4.90 Å². The van der Waals surface area contributed by atoms with Gasteiger partial charge in [-0.1, -0.05) is 13.8 Å². The van der Waals surface area contributed by atoms with Crippen LogP contribution in [0.3, 0.4) is 0 Å². The van der Waals surface area contributed by atoms with Gasteiger partial charge in [0, 0.05) is 18.5 Å². The second-order valence-corrected chi connectivity index (χ2v) is 4.66. The second kappa shape index (κ2) is 3.69. The SMILES string of the molecule is CC(=O)CC(=O)N1CC(O)C(C)(C)C1. The number of β-amino-alcohol motifs (C(OH)–C–C–N with tert-alkyl or cyclic N) is 1. The highest BCUT2D eigenvalue weighted by atomic mass is 16.3. The Bertz CT molecular complexity index is 260.